The van der Waals surface area contributed by atoms with Crippen LogP contribution in [-0.4, -0.2) is 31.6 Å². The average molecular weight is 275 g/mol. The highest BCUT2D eigenvalue weighted by Crippen LogP contribution is 2.36. The lowest BCUT2D eigenvalue weighted by Gasteiger charge is -2.17. The van der Waals surface area contributed by atoms with Crippen LogP contribution in [0.5, 0.6) is 11.5 Å². The summed E-state index contributed by atoms with van der Waals surface area (Å²) in [5, 5.41) is 4.21. The Kier molecular flexibility index (Phi) is 3.36. The van der Waals surface area contributed by atoms with Crippen LogP contribution in [0.25, 0.3) is 0 Å². The van der Waals surface area contributed by atoms with Crippen LogP contribution in [-0.2, 0) is 9.57 Å². The lowest BCUT2D eigenvalue weighted by atomic mass is 9.93. The molecule has 0 bridgehead atoms. The molecule has 3 rings (SSSR count). The van der Waals surface area contributed by atoms with Crippen LogP contribution in [0.3, 0.4) is 0 Å². The molecule has 0 N–H and O–H groups in total. The van der Waals surface area contributed by atoms with Crippen molar-refractivity contribution in [1.82, 2.24) is 0 Å². The van der Waals surface area contributed by atoms with Crippen LogP contribution < -0.4 is 9.47 Å². The van der Waals surface area contributed by atoms with Crippen LogP contribution in [0.1, 0.15) is 18.4 Å². The Morgan fingerprint density at radius 1 is 1.40 bits per heavy atom. The van der Waals surface area contributed by atoms with E-state index in [1.807, 2.05) is 18.2 Å². The van der Waals surface area contributed by atoms with Gasteiger partial charge in [0, 0.05) is 18.4 Å². The lowest BCUT2D eigenvalue weighted by molar-refractivity contribution is -0.0237. The monoisotopic (exact) mass is 275 g/mol. The Morgan fingerprint density at radius 2 is 2.30 bits per heavy atom. The summed E-state index contributed by atoms with van der Waals surface area (Å²) >= 11 is 0. The third-order valence-corrected chi connectivity index (χ3v) is 3.61. The molecule has 0 saturated carbocycles. The normalized spacial score (nSPS) is 24.4. The first-order valence-corrected chi connectivity index (χ1v) is 6.55. The molecule has 0 aliphatic carbocycles. The van der Waals surface area contributed by atoms with Crippen LogP contribution in [0, 0.1) is 0 Å². The van der Waals surface area contributed by atoms with Crippen molar-refractivity contribution in [2.24, 2.45) is 5.16 Å². The Labute approximate surface area is 117 Å². The Balaban J connectivity index is 1.84. The molecule has 1 atom stereocenters. The second-order valence-electron chi connectivity index (χ2n) is 4.94. The van der Waals surface area contributed by atoms with E-state index in [2.05, 4.69) is 11.7 Å². The van der Waals surface area contributed by atoms with Gasteiger partial charge in [-0.2, -0.15) is 0 Å². The molecule has 0 aromatic heterocycles. The predicted molar refractivity (Wildman–Crippen MR) is 74.2 cm³/mol. The molecule has 5 heteroatoms. The molecular formula is C15H17NO4. The number of hydrogen-bond donors (Lipinski definition) is 0. The highest BCUT2D eigenvalue weighted by atomic mass is 16.7. The molecule has 1 aromatic rings. The highest BCUT2D eigenvalue weighted by Gasteiger charge is 2.43. The maximum atomic E-state index is 5.60. The van der Waals surface area contributed by atoms with Gasteiger partial charge in [0.1, 0.15) is 0 Å². The fourth-order valence-corrected chi connectivity index (χ4v) is 2.51. The molecule has 1 unspecified atom stereocenters. The summed E-state index contributed by atoms with van der Waals surface area (Å²) in [4.78, 5) is 5.60. The van der Waals surface area contributed by atoms with Crippen molar-refractivity contribution in [2.45, 2.75) is 18.4 Å². The molecule has 2 aliphatic rings. The minimum absolute atomic E-state index is 0.269. The van der Waals surface area contributed by atoms with E-state index in [4.69, 9.17) is 19.0 Å². The van der Waals surface area contributed by atoms with Gasteiger partial charge in [0.25, 0.3) is 0 Å². The van der Waals surface area contributed by atoms with Crippen molar-refractivity contribution < 1.29 is 19.0 Å². The standard InChI is InChI=1S/C15H17NO4/c1-3-19-14-8-11(4-5-13(14)17-2)12-9-15(20-16-12)6-7-18-10-15/h3-5,8H,1,6-7,9-10H2,2H3. The topological polar surface area (TPSA) is 49.3 Å². The van der Waals surface area contributed by atoms with Gasteiger partial charge >= 0.3 is 0 Å². The van der Waals surface area contributed by atoms with E-state index < -0.39 is 0 Å². The zero-order chi connectivity index (χ0) is 14.0. The number of ether oxygens (including phenoxy) is 3. The van der Waals surface area contributed by atoms with Crippen LogP contribution in [0.4, 0.5) is 0 Å². The average Bonchev–Trinajstić information content (AvgIpc) is 3.10. The summed E-state index contributed by atoms with van der Waals surface area (Å²) < 4.78 is 16.0. The van der Waals surface area contributed by atoms with Gasteiger partial charge in [0.05, 0.1) is 32.3 Å². The molecule has 1 spiro atoms. The zero-order valence-corrected chi connectivity index (χ0v) is 11.4. The quantitative estimate of drug-likeness (QED) is 0.792. The van der Waals surface area contributed by atoms with Crippen LogP contribution >= 0.6 is 0 Å². The number of hydrogen-bond acceptors (Lipinski definition) is 5. The molecule has 1 fully saturated rings. The molecule has 2 heterocycles. The first kappa shape index (κ1) is 13.0. The molecule has 0 amide bonds. The highest BCUT2D eigenvalue weighted by molar-refractivity contribution is 6.02. The first-order chi connectivity index (χ1) is 9.76. The fourth-order valence-electron chi connectivity index (χ4n) is 2.51. The van der Waals surface area contributed by atoms with Gasteiger partial charge in [-0.3, -0.25) is 0 Å². The van der Waals surface area contributed by atoms with Gasteiger partial charge in [-0.05, 0) is 18.2 Å². The van der Waals surface area contributed by atoms with Gasteiger partial charge in [-0.1, -0.05) is 11.7 Å². The fraction of sp³-hybridized carbons (Fsp3) is 0.400. The summed E-state index contributed by atoms with van der Waals surface area (Å²) in [6.45, 7) is 4.90. The van der Waals surface area contributed by atoms with Gasteiger partial charge in [-0.25, -0.2) is 0 Å². The van der Waals surface area contributed by atoms with E-state index in [1.54, 1.807) is 7.11 Å². The van der Waals surface area contributed by atoms with Crippen LogP contribution in [0.2, 0.25) is 0 Å². The summed E-state index contributed by atoms with van der Waals surface area (Å²) in [6, 6.07) is 5.69. The van der Waals surface area contributed by atoms with Crippen molar-refractivity contribution in [1.29, 1.82) is 0 Å². The molecule has 106 valence electrons. The number of nitrogens with zero attached hydrogens (tertiary/aromatic N) is 1. The number of benzene rings is 1. The van der Waals surface area contributed by atoms with E-state index >= 15 is 0 Å². The van der Waals surface area contributed by atoms with E-state index in [0.717, 1.165) is 30.7 Å². The van der Waals surface area contributed by atoms with Crippen molar-refractivity contribution in [3.63, 3.8) is 0 Å². The molecule has 1 saturated heterocycles. The number of oxime groups is 1. The molecule has 20 heavy (non-hydrogen) atoms. The Bertz CT molecular complexity index is 547. The van der Waals surface area contributed by atoms with Gasteiger partial charge in [0.15, 0.2) is 17.1 Å². The second-order valence-corrected chi connectivity index (χ2v) is 4.94. The lowest BCUT2D eigenvalue weighted by Crippen LogP contribution is -2.29. The number of methoxy groups -OCH3 is 1. The summed E-state index contributed by atoms with van der Waals surface area (Å²) in [7, 11) is 1.60. The third-order valence-electron chi connectivity index (χ3n) is 3.61. The largest absolute Gasteiger partial charge is 0.493 e. The van der Waals surface area contributed by atoms with Gasteiger partial charge < -0.3 is 19.0 Å². The van der Waals surface area contributed by atoms with Crippen molar-refractivity contribution in [3.05, 3.63) is 36.6 Å². The van der Waals surface area contributed by atoms with E-state index in [-0.39, 0.29) is 5.60 Å². The molecule has 1 aromatic carbocycles. The van der Waals surface area contributed by atoms with E-state index in [1.165, 1.54) is 6.26 Å². The molecular weight excluding hydrogens is 258 g/mol. The van der Waals surface area contributed by atoms with E-state index in [9.17, 15) is 0 Å². The molecule has 0 radical (unpaired) electrons. The minimum atomic E-state index is -0.269. The summed E-state index contributed by atoms with van der Waals surface area (Å²) in [6.07, 6.45) is 3.01. The smallest absolute Gasteiger partial charge is 0.168 e. The van der Waals surface area contributed by atoms with Crippen molar-refractivity contribution in [2.75, 3.05) is 20.3 Å². The van der Waals surface area contributed by atoms with Crippen LogP contribution in [0.15, 0.2) is 36.2 Å². The first-order valence-electron chi connectivity index (χ1n) is 6.55. The molecule has 2 aliphatic heterocycles. The van der Waals surface area contributed by atoms with Crippen molar-refractivity contribution >= 4 is 5.71 Å². The minimum Gasteiger partial charge on any atom is -0.493 e. The Morgan fingerprint density at radius 3 is 3.00 bits per heavy atom. The second kappa shape index (κ2) is 5.17. The summed E-state index contributed by atoms with van der Waals surface area (Å²) in [5.41, 5.74) is 1.60. The number of rotatable bonds is 4. The van der Waals surface area contributed by atoms with E-state index in [0.29, 0.717) is 18.1 Å². The summed E-state index contributed by atoms with van der Waals surface area (Å²) in [5.74, 6) is 1.28. The zero-order valence-electron chi connectivity index (χ0n) is 11.4. The van der Waals surface area contributed by atoms with Gasteiger partial charge in [-0.15, -0.1) is 0 Å². The maximum absolute atomic E-state index is 5.60. The van der Waals surface area contributed by atoms with Crippen molar-refractivity contribution in [3.8, 4) is 11.5 Å². The maximum Gasteiger partial charge on any atom is 0.168 e. The SMILES string of the molecule is C=COc1cc(C2=NOC3(CCOC3)C2)ccc1OC. The predicted octanol–water partition coefficient (Wildman–Crippen LogP) is 2.50. The third kappa shape index (κ3) is 2.25. The Hall–Kier alpha value is -2.01. The molecule has 5 nitrogen and oxygen atoms in total. The van der Waals surface area contributed by atoms with Gasteiger partial charge in [0.2, 0.25) is 0 Å².